The van der Waals surface area contributed by atoms with Crippen molar-refractivity contribution < 1.29 is 9.59 Å². The Morgan fingerprint density at radius 3 is 2.24 bits per heavy atom. The van der Waals surface area contributed by atoms with Crippen molar-refractivity contribution in [1.29, 1.82) is 0 Å². The summed E-state index contributed by atoms with van der Waals surface area (Å²) in [6, 6.07) is 19.2. The summed E-state index contributed by atoms with van der Waals surface area (Å²) in [4.78, 5) is 25.8. The van der Waals surface area contributed by atoms with Gasteiger partial charge in [-0.2, -0.15) is 0 Å². The van der Waals surface area contributed by atoms with E-state index in [-0.39, 0.29) is 18.4 Å². The highest BCUT2D eigenvalue weighted by Gasteiger charge is 2.07. The smallest absolute Gasteiger partial charge is 0.251 e. The van der Waals surface area contributed by atoms with E-state index in [2.05, 4.69) is 34.7 Å². The molecular weight excluding hydrogens is 314 g/mol. The minimum Gasteiger partial charge on any atom is -0.355 e. The number of amides is 2. The van der Waals surface area contributed by atoms with Crippen LogP contribution in [0, 0.1) is 0 Å². The van der Waals surface area contributed by atoms with Crippen molar-refractivity contribution >= 4 is 11.8 Å². The van der Waals surface area contributed by atoms with Crippen molar-refractivity contribution in [3.63, 3.8) is 0 Å². The second-order valence-corrected chi connectivity index (χ2v) is 5.98. The zero-order chi connectivity index (χ0) is 17.9. The molecule has 0 aliphatic rings. The average Bonchev–Trinajstić information content (AvgIpc) is 2.65. The summed E-state index contributed by atoms with van der Waals surface area (Å²) >= 11 is 0. The van der Waals surface area contributed by atoms with Crippen molar-refractivity contribution in [2.75, 3.05) is 26.7 Å². The lowest BCUT2D eigenvalue weighted by Crippen LogP contribution is -2.37. The molecule has 0 spiro atoms. The predicted octanol–water partition coefficient (Wildman–Crippen LogP) is 2.05. The van der Waals surface area contributed by atoms with E-state index in [1.807, 2.05) is 24.3 Å². The summed E-state index contributed by atoms with van der Waals surface area (Å²) in [5.74, 6) is -0.409. The first kappa shape index (κ1) is 18.7. The Hall–Kier alpha value is -2.66. The molecular formula is C20H25N3O2. The Labute approximate surface area is 149 Å². The molecule has 0 bridgehead atoms. The van der Waals surface area contributed by atoms with E-state index in [0.717, 1.165) is 19.5 Å². The van der Waals surface area contributed by atoms with Gasteiger partial charge in [0.1, 0.15) is 0 Å². The molecule has 2 amide bonds. The molecule has 25 heavy (non-hydrogen) atoms. The van der Waals surface area contributed by atoms with Gasteiger partial charge in [-0.05, 0) is 37.7 Å². The van der Waals surface area contributed by atoms with E-state index in [1.54, 1.807) is 24.3 Å². The maximum Gasteiger partial charge on any atom is 0.251 e. The third kappa shape index (κ3) is 7.18. The van der Waals surface area contributed by atoms with Crippen LogP contribution < -0.4 is 10.6 Å². The second-order valence-electron chi connectivity index (χ2n) is 5.98. The normalized spacial score (nSPS) is 10.5. The van der Waals surface area contributed by atoms with Gasteiger partial charge in [-0.3, -0.25) is 9.59 Å². The van der Waals surface area contributed by atoms with E-state index in [0.29, 0.717) is 12.1 Å². The molecule has 0 heterocycles. The third-order valence-electron chi connectivity index (χ3n) is 3.78. The molecule has 2 rings (SSSR count). The number of hydrogen-bond acceptors (Lipinski definition) is 3. The third-order valence-corrected chi connectivity index (χ3v) is 3.78. The van der Waals surface area contributed by atoms with E-state index < -0.39 is 0 Å². The standard InChI is InChI=1S/C20H25N3O2/c1-23(16-17-9-4-2-5-10-17)14-8-13-21-19(24)15-22-20(25)18-11-6-3-7-12-18/h2-7,9-12H,8,13-16H2,1H3,(H,21,24)(H,22,25). The van der Waals surface area contributed by atoms with E-state index in [1.165, 1.54) is 5.56 Å². The molecule has 0 aliphatic carbocycles. The van der Waals surface area contributed by atoms with Crippen molar-refractivity contribution in [2.24, 2.45) is 0 Å². The van der Waals surface area contributed by atoms with Gasteiger partial charge in [0.05, 0.1) is 6.54 Å². The van der Waals surface area contributed by atoms with Crippen LogP contribution >= 0.6 is 0 Å². The number of hydrogen-bond donors (Lipinski definition) is 2. The van der Waals surface area contributed by atoms with Gasteiger partial charge in [-0.1, -0.05) is 48.5 Å². The van der Waals surface area contributed by atoms with Gasteiger partial charge in [0.2, 0.25) is 5.91 Å². The fourth-order valence-corrected chi connectivity index (χ4v) is 2.47. The van der Waals surface area contributed by atoms with Gasteiger partial charge < -0.3 is 15.5 Å². The largest absolute Gasteiger partial charge is 0.355 e. The number of nitrogens with one attached hydrogen (secondary N) is 2. The molecule has 5 nitrogen and oxygen atoms in total. The molecule has 2 aromatic rings. The van der Waals surface area contributed by atoms with Crippen LogP contribution in [-0.4, -0.2) is 43.4 Å². The zero-order valence-electron chi connectivity index (χ0n) is 14.6. The molecule has 2 N–H and O–H groups in total. The molecule has 2 aromatic carbocycles. The van der Waals surface area contributed by atoms with E-state index >= 15 is 0 Å². The number of carbonyl (C=O) groups excluding carboxylic acids is 2. The second kappa shape index (κ2) is 10.3. The molecule has 0 atom stereocenters. The lowest BCUT2D eigenvalue weighted by Gasteiger charge is -2.16. The van der Waals surface area contributed by atoms with Crippen LogP contribution in [0.1, 0.15) is 22.3 Å². The average molecular weight is 339 g/mol. The number of carbonyl (C=O) groups is 2. The fourth-order valence-electron chi connectivity index (χ4n) is 2.47. The van der Waals surface area contributed by atoms with Crippen LogP contribution in [0.5, 0.6) is 0 Å². The molecule has 0 saturated carbocycles. The first-order valence-electron chi connectivity index (χ1n) is 8.47. The Morgan fingerprint density at radius 2 is 1.56 bits per heavy atom. The first-order chi connectivity index (χ1) is 12.1. The van der Waals surface area contributed by atoms with Crippen molar-refractivity contribution in [3.8, 4) is 0 Å². The highest BCUT2D eigenvalue weighted by molar-refractivity contribution is 5.96. The van der Waals surface area contributed by atoms with Gasteiger partial charge in [-0.15, -0.1) is 0 Å². The Balaban J connectivity index is 1.57. The minimum atomic E-state index is -0.238. The van der Waals surface area contributed by atoms with Crippen LogP contribution in [0.4, 0.5) is 0 Å². The maximum atomic E-state index is 11.8. The van der Waals surface area contributed by atoms with Crippen molar-refractivity contribution in [1.82, 2.24) is 15.5 Å². The van der Waals surface area contributed by atoms with Crippen LogP contribution in [0.3, 0.4) is 0 Å². The maximum absolute atomic E-state index is 11.8. The number of nitrogens with zero attached hydrogens (tertiary/aromatic N) is 1. The van der Waals surface area contributed by atoms with Gasteiger partial charge in [0.25, 0.3) is 5.91 Å². The number of rotatable bonds is 9. The molecule has 0 fully saturated rings. The molecule has 0 radical (unpaired) electrons. The Bertz CT molecular complexity index is 659. The van der Waals surface area contributed by atoms with Gasteiger partial charge in [-0.25, -0.2) is 0 Å². The topological polar surface area (TPSA) is 61.4 Å². The van der Waals surface area contributed by atoms with Gasteiger partial charge >= 0.3 is 0 Å². The van der Waals surface area contributed by atoms with E-state index in [4.69, 9.17) is 0 Å². The molecule has 0 unspecified atom stereocenters. The highest BCUT2D eigenvalue weighted by Crippen LogP contribution is 2.02. The van der Waals surface area contributed by atoms with Crippen molar-refractivity contribution in [3.05, 3.63) is 71.8 Å². The molecule has 132 valence electrons. The quantitative estimate of drug-likeness (QED) is 0.688. The van der Waals surface area contributed by atoms with Gasteiger partial charge in [0.15, 0.2) is 0 Å². The molecule has 0 aliphatic heterocycles. The zero-order valence-corrected chi connectivity index (χ0v) is 14.6. The van der Waals surface area contributed by atoms with Crippen LogP contribution in [-0.2, 0) is 11.3 Å². The lowest BCUT2D eigenvalue weighted by atomic mass is 10.2. The Kier molecular flexibility index (Phi) is 7.66. The summed E-state index contributed by atoms with van der Waals surface area (Å²) in [6.45, 7) is 2.38. The summed E-state index contributed by atoms with van der Waals surface area (Å²) in [5.41, 5.74) is 1.83. The summed E-state index contributed by atoms with van der Waals surface area (Å²) in [7, 11) is 2.06. The molecule has 0 aromatic heterocycles. The van der Waals surface area contributed by atoms with Crippen LogP contribution in [0.15, 0.2) is 60.7 Å². The monoisotopic (exact) mass is 339 g/mol. The van der Waals surface area contributed by atoms with E-state index in [9.17, 15) is 9.59 Å². The van der Waals surface area contributed by atoms with Crippen LogP contribution in [0.25, 0.3) is 0 Å². The lowest BCUT2D eigenvalue weighted by molar-refractivity contribution is -0.120. The Morgan fingerprint density at radius 1 is 0.920 bits per heavy atom. The minimum absolute atomic E-state index is 0.00637. The molecule has 5 heteroatoms. The molecule has 0 saturated heterocycles. The van der Waals surface area contributed by atoms with Gasteiger partial charge in [0, 0.05) is 18.7 Å². The summed E-state index contributed by atoms with van der Waals surface area (Å²) in [6.07, 6.45) is 0.863. The number of benzene rings is 2. The summed E-state index contributed by atoms with van der Waals surface area (Å²) < 4.78 is 0. The fraction of sp³-hybridized carbons (Fsp3) is 0.300. The highest BCUT2D eigenvalue weighted by atomic mass is 16.2. The summed E-state index contributed by atoms with van der Waals surface area (Å²) in [5, 5.41) is 5.45. The SMILES string of the molecule is CN(CCCNC(=O)CNC(=O)c1ccccc1)Cc1ccccc1. The predicted molar refractivity (Wildman–Crippen MR) is 99.2 cm³/mol. The van der Waals surface area contributed by atoms with Crippen LogP contribution in [0.2, 0.25) is 0 Å². The van der Waals surface area contributed by atoms with Crippen molar-refractivity contribution in [2.45, 2.75) is 13.0 Å². The first-order valence-corrected chi connectivity index (χ1v) is 8.47.